The first-order valence-electron chi connectivity index (χ1n) is 6.52. The van der Waals surface area contributed by atoms with Crippen LogP contribution in [0.4, 0.5) is 0 Å². The summed E-state index contributed by atoms with van der Waals surface area (Å²) in [6.45, 7) is 3.23. The zero-order valence-electron chi connectivity index (χ0n) is 11.8. The molecule has 0 saturated carbocycles. The van der Waals surface area contributed by atoms with Crippen molar-refractivity contribution in [3.05, 3.63) is 35.4 Å². The fraction of sp³-hybridized carbons (Fsp3) is 0.429. The highest BCUT2D eigenvalue weighted by atomic mass is 32.2. The molecule has 1 aliphatic rings. The number of benzene rings is 1. The number of hydrogen-bond acceptors (Lipinski definition) is 4. The van der Waals surface area contributed by atoms with Crippen LogP contribution in [0.25, 0.3) is 0 Å². The van der Waals surface area contributed by atoms with E-state index in [1.807, 2.05) is 6.92 Å². The van der Waals surface area contributed by atoms with Crippen molar-refractivity contribution in [3.63, 3.8) is 0 Å². The number of hydrogen-bond donors (Lipinski definition) is 1. The molecule has 1 aliphatic heterocycles. The van der Waals surface area contributed by atoms with E-state index in [2.05, 4.69) is 6.08 Å². The molecule has 0 aromatic heterocycles. The summed E-state index contributed by atoms with van der Waals surface area (Å²) in [7, 11) is -2.07. The van der Waals surface area contributed by atoms with E-state index in [1.54, 1.807) is 18.2 Å². The summed E-state index contributed by atoms with van der Waals surface area (Å²) in [6, 6.07) is 4.98. The molecule has 0 fully saturated rings. The van der Waals surface area contributed by atoms with Crippen molar-refractivity contribution >= 4 is 10.0 Å². The first kappa shape index (κ1) is 15.0. The third-order valence-corrected chi connectivity index (χ3v) is 5.26. The van der Waals surface area contributed by atoms with Gasteiger partial charge in [-0.05, 0) is 31.0 Å². The molecule has 0 unspecified atom stereocenters. The van der Waals surface area contributed by atoms with Crippen LogP contribution in [0.2, 0.25) is 0 Å². The Hall–Kier alpha value is -1.37. The van der Waals surface area contributed by atoms with E-state index < -0.39 is 10.0 Å². The van der Waals surface area contributed by atoms with Gasteiger partial charge in [0.2, 0.25) is 10.0 Å². The minimum atomic E-state index is -3.54. The monoisotopic (exact) mass is 296 g/mol. The fourth-order valence-electron chi connectivity index (χ4n) is 2.27. The van der Waals surface area contributed by atoms with Gasteiger partial charge in [0.15, 0.2) is 0 Å². The van der Waals surface area contributed by atoms with Gasteiger partial charge < -0.3 is 10.5 Å². The average molecular weight is 296 g/mol. The lowest BCUT2D eigenvalue weighted by molar-refractivity contribution is 0.392. The normalized spacial score (nSPS) is 16.9. The number of sulfonamides is 1. The van der Waals surface area contributed by atoms with Crippen molar-refractivity contribution in [1.82, 2.24) is 4.31 Å². The lowest BCUT2D eigenvalue weighted by Crippen LogP contribution is -2.35. The molecule has 6 heteroatoms. The molecule has 0 bridgehead atoms. The summed E-state index contributed by atoms with van der Waals surface area (Å²) < 4.78 is 32.1. The predicted molar refractivity (Wildman–Crippen MR) is 78.0 cm³/mol. The second kappa shape index (κ2) is 5.95. The summed E-state index contributed by atoms with van der Waals surface area (Å²) in [4.78, 5) is 0.201. The van der Waals surface area contributed by atoms with Gasteiger partial charge >= 0.3 is 0 Å². The van der Waals surface area contributed by atoms with Crippen molar-refractivity contribution in [2.24, 2.45) is 5.73 Å². The maximum absolute atomic E-state index is 12.7. The van der Waals surface area contributed by atoms with Crippen LogP contribution in [0.15, 0.2) is 34.7 Å². The molecule has 1 heterocycles. The van der Waals surface area contributed by atoms with E-state index in [1.165, 1.54) is 11.4 Å². The Labute approximate surface area is 120 Å². The topological polar surface area (TPSA) is 72.6 Å². The van der Waals surface area contributed by atoms with E-state index in [0.29, 0.717) is 25.4 Å². The lowest BCUT2D eigenvalue weighted by Gasteiger charge is -2.26. The van der Waals surface area contributed by atoms with E-state index in [0.717, 1.165) is 17.6 Å². The third-order valence-electron chi connectivity index (χ3n) is 3.38. The first-order valence-corrected chi connectivity index (χ1v) is 7.96. The largest absolute Gasteiger partial charge is 0.495 e. The highest BCUT2D eigenvalue weighted by Crippen LogP contribution is 2.29. The van der Waals surface area contributed by atoms with Crippen LogP contribution in [0.1, 0.15) is 18.9 Å². The van der Waals surface area contributed by atoms with Crippen molar-refractivity contribution in [3.8, 4) is 5.75 Å². The zero-order chi connectivity index (χ0) is 14.8. The van der Waals surface area contributed by atoms with E-state index >= 15 is 0 Å². The first-order chi connectivity index (χ1) is 9.48. The molecule has 1 aromatic rings. The Morgan fingerprint density at radius 3 is 2.75 bits per heavy atom. The maximum Gasteiger partial charge on any atom is 0.247 e. The molecule has 5 nitrogen and oxygen atoms in total. The summed E-state index contributed by atoms with van der Waals surface area (Å²) in [6.07, 6.45) is 2.81. The van der Waals surface area contributed by atoms with Gasteiger partial charge in [-0.15, -0.1) is 0 Å². The number of nitrogens with zero attached hydrogens (tertiary/aromatic N) is 1. The van der Waals surface area contributed by atoms with Crippen LogP contribution >= 0.6 is 0 Å². The molecule has 1 aromatic carbocycles. The molecule has 0 saturated heterocycles. The predicted octanol–water partition coefficient (Wildman–Crippen LogP) is 1.49. The molecule has 0 aliphatic carbocycles. The Kier molecular flexibility index (Phi) is 4.47. The van der Waals surface area contributed by atoms with Crippen LogP contribution < -0.4 is 10.5 Å². The van der Waals surface area contributed by atoms with E-state index in [4.69, 9.17) is 10.5 Å². The van der Waals surface area contributed by atoms with Gasteiger partial charge in [0, 0.05) is 19.6 Å². The fourth-order valence-corrected chi connectivity index (χ4v) is 3.91. The van der Waals surface area contributed by atoms with Crippen LogP contribution in [-0.2, 0) is 16.6 Å². The molecule has 0 spiro atoms. The van der Waals surface area contributed by atoms with Gasteiger partial charge in [-0.2, -0.15) is 4.31 Å². The zero-order valence-corrected chi connectivity index (χ0v) is 12.6. The minimum absolute atomic E-state index is 0.201. The standard InChI is InChI=1S/C14H20N2O3S/c1-11-4-3-7-16(10-11)20(17,18)14-6-5-12(9-15)8-13(14)19-2/h4-6,8H,3,7,9-10,15H2,1-2H3. The Morgan fingerprint density at radius 1 is 1.40 bits per heavy atom. The molecule has 0 amide bonds. The summed E-state index contributed by atoms with van der Waals surface area (Å²) in [5, 5.41) is 0. The van der Waals surface area contributed by atoms with Gasteiger partial charge in [0.1, 0.15) is 10.6 Å². The van der Waals surface area contributed by atoms with Crippen molar-refractivity contribution in [1.29, 1.82) is 0 Å². The maximum atomic E-state index is 12.7. The Morgan fingerprint density at radius 2 is 2.15 bits per heavy atom. The molecule has 0 radical (unpaired) electrons. The highest BCUT2D eigenvalue weighted by Gasteiger charge is 2.28. The summed E-state index contributed by atoms with van der Waals surface area (Å²) in [5.74, 6) is 0.347. The van der Waals surface area contributed by atoms with Crippen molar-refractivity contribution in [2.45, 2.75) is 24.8 Å². The summed E-state index contributed by atoms with van der Waals surface area (Å²) >= 11 is 0. The average Bonchev–Trinajstić information content (AvgIpc) is 2.46. The number of ether oxygens (including phenoxy) is 1. The second-order valence-corrected chi connectivity index (χ2v) is 6.77. The quantitative estimate of drug-likeness (QED) is 0.855. The molecule has 0 atom stereocenters. The minimum Gasteiger partial charge on any atom is -0.495 e. The van der Waals surface area contributed by atoms with E-state index in [-0.39, 0.29) is 4.90 Å². The van der Waals surface area contributed by atoms with Crippen LogP contribution in [-0.4, -0.2) is 32.9 Å². The van der Waals surface area contributed by atoms with Gasteiger partial charge in [0.25, 0.3) is 0 Å². The van der Waals surface area contributed by atoms with Crippen LogP contribution in [0, 0.1) is 0 Å². The SMILES string of the molecule is COc1cc(CN)ccc1S(=O)(=O)N1CCC=C(C)C1. The van der Waals surface area contributed by atoms with Gasteiger partial charge in [-0.25, -0.2) is 8.42 Å². The van der Waals surface area contributed by atoms with E-state index in [9.17, 15) is 8.42 Å². The number of nitrogens with two attached hydrogens (primary N) is 1. The third kappa shape index (κ3) is 2.87. The van der Waals surface area contributed by atoms with Gasteiger partial charge in [-0.1, -0.05) is 17.7 Å². The second-order valence-electron chi connectivity index (χ2n) is 4.87. The highest BCUT2D eigenvalue weighted by molar-refractivity contribution is 7.89. The molecular weight excluding hydrogens is 276 g/mol. The molecular formula is C14H20N2O3S. The van der Waals surface area contributed by atoms with Crippen LogP contribution in [0.3, 0.4) is 0 Å². The van der Waals surface area contributed by atoms with Gasteiger partial charge in [-0.3, -0.25) is 0 Å². The van der Waals surface area contributed by atoms with Gasteiger partial charge in [0.05, 0.1) is 7.11 Å². The molecule has 2 rings (SSSR count). The summed E-state index contributed by atoms with van der Waals surface area (Å²) in [5.41, 5.74) is 7.48. The van der Waals surface area contributed by atoms with Crippen LogP contribution in [0.5, 0.6) is 5.75 Å². The Bertz CT molecular complexity index is 623. The van der Waals surface area contributed by atoms with Crippen molar-refractivity contribution < 1.29 is 13.2 Å². The number of rotatable bonds is 4. The van der Waals surface area contributed by atoms with Crippen molar-refractivity contribution in [2.75, 3.05) is 20.2 Å². The molecule has 110 valence electrons. The smallest absolute Gasteiger partial charge is 0.247 e. The lowest BCUT2D eigenvalue weighted by atomic mass is 10.2. The Balaban J connectivity index is 2.41. The molecule has 2 N–H and O–H groups in total. The number of methoxy groups -OCH3 is 1. The molecule has 20 heavy (non-hydrogen) atoms.